The Morgan fingerprint density at radius 2 is 1.70 bits per heavy atom. The zero-order chi connectivity index (χ0) is 14.7. The summed E-state index contributed by atoms with van der Waals surface area (Å²) in [4.78, 5) is 27.2. The van der Waals surface area contributed by atoms with Crippen LogP contribution in [0.15, 0.2) is 0 Å². The van der Waals surface area contributed by atoms with Gasteiger partial charge in [0.15, 0.2) is 0 Å². The van der Waals surface area contributed by atoms with Crippen molar-refractivity contribution in [1.82, 2.24) is 9.80 Å². The van der Waals surface area contributed by atoms with Crippen LogP contribution in [0.25, 0.3) is 0 Å². The highest BCUT2D eigenvalue weighted by atomic mass is 16.4. The molecule has 2 amide bonds. The molecular formula is C15H26N2O3. The van der Waals surface area contributed by atoms with Gasteiger partial charge in [-0.25, -0.2) is 4.79 Å². The molecule has 20 heavy (non-hydrogen) atoms. The molecule has 1 N–H and O–H groups in total. The maximum absolute atomic E-state index is 12.5. The average molecular weight is 282 g/mol. The summed E-state index contributed by atoms with van der Waals surface area (Å²) in [7, 11) is 0. The molecule has 2 rings (SSSR count). The predicted octanol–water partition coefficient (Wildman–Crippen LogP) is 2.27. The van der Waals surface area contributed by atoms with E-state index in [1.165, 1.54) is 0 Å². The van der Waals surface area contributed by atoms with Gasteiger partial charge < -0.3 is 14.9 Å². The molecule has 5 heteroatoms. The zero-order valence-corrected chi connectivity index (χ0v) is 12.5. The Morgan fingerprint density at radius 1 is 1.05 bits per heavy atom. The van der Waals surface area contributed by atoms with Gasteiger partial charge in [0.1, 0.15) is 0 Å². The van der Waals surface area contributed by atoms with Crippen LogP contribution in [0.3, 0.4) is 0 Å². The Balaban J connectivity index is 1.87. The van der Waals surface area contributed by atoms with Gasteiger partial charge in [-0.1, -0.05) is 13.8 Å². The van der Waals surface area contributed by atoms with Crippen LogP contribution in [-0.2, 0) is 4.79 Å². The molecule has 2 aliphatic rings. The number of carbonyl (C=O) groups is 2. The zero-order valence-electron chi connectivity index (χ0n) is 12.5. The number of carboxylic acid groups (broad SMARTS) is 1. The lowest BCUT2D eigenvalue weighted by Gasteiger charge is -2.39. The summed E-state index contributed by atoms with van der Waals surface area (Å²) >= 11 is 0. The molecule has 0 bridgehead atoms. The second-order valence-electron chi connectivity index (χ2n) is 6.47. The van der Waals surface area contributed by atoms with E-state index in [1.54, 1.807) is 4.90 Å². The van der Waals surface area contributed by atoms with Crippen molar-refractivity contribution in [2.45, 2.75) is 39.5 Å². The molecule has 0 aliphatic carbocycles. The van der Waals surface area contributed by atoms with E-state index in [2.05, 4.69) is 13.8 Å². The maximum atomic E-state index is 12.5. The first-order valence-corrected chi connectivity index (χ1v) is 7.75. The van der Waals surface area contributed by atoms with E-state index >= 15 is 0 Å². The second-order valence-corrected chi connectivity index (χ2v) is 6.47. The molecule has 1 atom stereocenters. The normalized spacial score (nSPS) is 25.1. The van der Waals surface area contributed by atoms with Gasteiger partial charge in [0.2, 0.25) is 0 Å². The molecule has 5 nitrogen and oxygen atoms in total. The van der Waals surface area contributed by atoms with E-state index in [0.717, 1.165) is 32.4 Å². The summed E-state index contributed by atoms with van der Waals surface area (Å²) in [5.41, 5.74) is 0. The number of carbonyl (C=O) groups excluding carboxylic acids is 1. The smallest absolute Gasteiger partial charge is 0.320 e. The van der Waals surface area contributed by atoms with Crippen molar-refractivity contribution in [3.63, 3.8) is 0 Å². The van der Waals surface area contributed by atoms with Crippen LogP contribution < -0.4 is 0 Å². The highest BCUT2D eigenvalue weighted by molar-refractivity contribution is 5.76. The molecule has 2 saturated heterocycles. The number of piperidine rings is 2. The Labute approximate surface area is 120 Å². The van der Waals surface area contributed by atoms with Crippen LogP contribution in [0.1, 0.15) is 39.5 Å². The first kappa shape index (κ1) is 15.1. The fourth-order valence-electron chi connectivity index (χ4n) is 3.31. The molecule has 114 valence electrons. The van der Waals surface area contributed by atoms with Crippen LogP contribution >= 0.6 is 0 Å². The summed E-state index contributed by atoms with van der Waals surface area (Å²) in [6.45, 7) is 7.19. The number of likely N-dealkylation sites (tertiary alicyclic amines) is 2. The highest BCUT2D eigenvalue weighted by Crippen LogP contribution is 2.26. The molecule has 2 heterocycles. The summed E-state index contributed by atoms with van der Waals surface area (Å²) in [6.07, 6.45) is 3.62. The fourth-order valence-corrected chi connectivity index (χ4v) is 3.31. The van der Waals surface area contributed by atoms with Gasteiger partial charge in [-0.05, 0) is 37.5 Å². The van der Waals surface area contributed by atoms with Crippen molar-refractivity contribution in [2.24, 2.45) is 17.8 Å². The molecular weight excluding hydrogens is 256 g/mol. The molecule has 0 unspecified atom stereocenters. The SMILES string of the molecule is CC(C)C1CCN(C(=O)N2CCC[C@H](C(=O)O)C2)CC1. The lowest BCUT2D eigenvalue weighted by Crippen LogP contribution is -2.51. The fraction of sp³-hybridized carbons (Fsp3) is 0.867. The number of urea groups is 1. The molecule has 0 aromatic carbocycles. The third-order valence-corrected chi connectivity index (χ3v) is 4.79. The van der Waals surface area contributed by atoms with E-state index in [4.69, 9.17) is 5.11 Å². The average Bonchev–Trinajstić information content (AvgIpc) is 2.46. The van der Waals surface area contributed by atoms with Gasteiger partial charge in [-0.3, -0.25) is 4.79 Å². The van der Waals surface area contributed by atoms with E-state index < -0.39 is 5.97 Å². The maximum Gasteiger partial charge on any atom is 0.320 e. The number of amides is 2. The van der Waals surface area contributed by atoms with Crippen molar-refractivity contribution < 1.29 is 14.7 Å². The van der Waals surface area contributed by atoms with E-state index in [-0.39, 0.29) is 11.9 Å². The van der Waals surface area contributed by atoms with Crippen molar-refractivity contribution >= 4 is 12.0 Å². The Hall–Kier alpha value is -1.26. The van der Waals surface area contributed by atoms with Crippen LogP contribution in [-0.4, -0.2) is 53.1 Å². The topological polar surface area (TPSA) is 60.9 Å². The number of nitrogens with zero attached hydrogens (tertiary/aromatic N) is 2. The van der Waals surface area contributed by atoms with Crippen LogP contribution in [0, 0.1) is 17.8 Å². The molecule has 2 aliphatic heterocycles. The van der Waals surface area contributed by atoms with Gasteiger partial charge in [0, 0.05) is 26.2 Å². The Bertz CT molecular complexity index is 362. The molecule has 0 aromatic rings. The Kier molecular flexibility index (Phi) is 4.89. The van der Waals surface area contributed by atoms with E-state index in [9.17, 15) is 9.59 Å². The minimum absolute atomic E-state index is 0.0400. The molecule has 2 fully saturated rings. The summed E-state index contributed by atoms with van der Waals surface area (Å²) in [5.74, 6) is 0.229. The number of rotatable bonds is 2. The first-order valence-electron chi connectivity index (χ1n) is 7.75. The van der Waals surface area contributed by atoms with Crippen molar-refractivity contribution in [3.05, 3.63) is 0 Å². The van der Waals surface area contributed by atoms with E-state index in [1.807, 2.05) is 4.90 Å². The first-order chi connectivity index (χ1) is 9.49. The van der Waals surface area contributed by atoms with Crippen LogP contribution in [0.2, 0.25) is 0 Å². The van der Waals surface area contributed by atoms with Gasteiger partial charge in [-0.15, -0.1) is 0 Å². The van der Waals surface area contributed by atoms with Gasteiger partial charge in [-0.2, -0.15) is 0 Å². The van der Waals surface area contributed by atoms with Crippen LogP contribution in [0.4, 0.5) is 4.79 Å². The predicted molar refractivity (Wildman–Crippen MR) is 76.5 cm³/mol. The van der Waals surface area contributed by atoms with Crippen molar-refractivity contribution in [2.75, 3.05) is 26.2 Å². The third-order valence-electron chi connectivity index (χ3n) is 4.79. The van der Waals surface area contributed by atoms with Gasteiger partial charge in [0.05, 0.1) is 5.92 Å². The third kappa shape index (κ3) is 3.44. The summed E-state index contributed by atoms with van der Waals surface area (Å²) in [5, 5.41) is 9.09. The number of carboxylic acids is 1. The second kappa shape index (κ2) is 6.46. The lowest BCUT2D eigenvalue weighted by molar-refractivity contribution is -0.143. The summed E-state index contributed by atoms with van der Waals surface area (Å²) in [6, 6.07) is 0.0400. The number of hydrogen-bond donors (Lipinski definition) is 1. The van der Waals surface area contributed by atoms with Crippen molar-refractivity contribution in [3.8, 4) is 0 Å². The molecule has 0 radical (unpaired) electrons. The number of hydrogen-bond acceptors (Lipinski definition) is 2. The standard InChI is InChI=1S/C15H26N2O3/c1-11(2)12-5-8-16(9-6-12)15(20)17-7-3-4-13(10-17)14(18)19/h11-13H,3-10H2,1-2H3,(H,18,19)/t13-/m0/s1. The largest absolute Gasteiger partial charge is 0.481 e. The van der Waals surface area contributed by atoms with Crippen LogP contribution in [0.5, 0.6) is 0 Å². The summed E-state index contributed by atoms with van der Waals surface area (Å²) < 4.78 is 0. The van der Waals surface area contributed by atoms with Gasteiger partial charge >= 0.3 is 12.0 Å². The molecule has 0 aromatic heterocycles. The minimum Gasteiger partial charge on any atom is -0.481 e. The van der Waals surface area contributed by atoms with E-state index in [0.29, 0.717) is 31.3 Å². The number of aliphatic carboxylic acids is 1. The molecule has 0 spiro atoms. The quantitative estimate of drug-likeness (QED) is 0.845. The minimum atomic E-state index is -0.777. The van der Waals surface area contributed by atoms with Gasteiger partial charge in [0.25, 0.3) is 0 Å². The highest BCUT2D eigenvalue weighted by Gasteiger charge is 2.32. The monoisotopic (exact) mass is 282 g/mol. The van der Waals surface area contributed by atoms with Crippen molar-refractivity contribution in [1.29, 1.82) is 0 Å². The lowest BCUT2D eigenvalue weighted by atomic mass is 9.87. The molecule has 0 saturated carbocycles. The Morgan fingerprint density at radius 3 is 2.25 bits per heavy atom.